The summed E-state index contributed by atoms with van der Waals surface area (Å²) >= 11 is 0. The number of anilines is 3. The molecule has 0 aliphatic carbocycles. The van der Waals surface area contributed by atoms with E-state index in [1.807, 2.05) is 0 Å². The minimum Gasteiger partial charge on any atom is -0.395 e. The van der Waals surface area contributed by atoms with Crippen LogP contribution in [0.3, 0.4) is 0 Å². The van der Waals surface area contributed by atoms with Gasteiger partial charge in [-0.1, -0.05) is 25.7 Å². The number of aliphatic hydroxyl groups is 1. The standard InChI is InChI=1S/C43H83N9O4/c1-38(2)26-32(27-39(3,4)50(38)54-13)20-16-18-22-44-35-46-36(45-23-19-17-21-33-28-40(5,6)51(55-14)41(7,8)29-33)48-37(47-35)49(24-25-53)34-30-42(9,10)52(56-15)43(11,12)31-34/h32-34,53H,16-31H2,1-15H3,(H2,44,45,46,47,48). The van der Waals surface area contributed by atoms with Gasteiger partial charge in [0.15, 0.2) is 0 Å². The molecule has 0 radical (unpaired) electrons. The summed E-state index contributed by atoms with van der Waals surface area (Å²) in [6.07, 6.45) is 12.9. The summed E-state index contributed by atoms with van der Waals surface area (Å²) in [5.41, 5.74) is -0.426. The van der Waals surface area contributed by atoms with E-state index in [0.717, 1.165) is 77.3 Å². The lowest BCUT2D eigenvalue weighted by atomic mass is 9.73. The number of unbranched alkanes of at least 4 members (excludes halogenated alkanes) is 2. The topological polar surface area (TPSA) is 124 Å². The predicted molar refractivity (Wildman–Crippen MR) is 228 cm³/mol. The van der Waals surface area contributed by atoms with Crippen LogP contribution in [0.4, 0.5) is 17.8 Å². The molecule has 13 nitrogen and oxygen atoms in total. The van der Waals surface area contributed by atoms with Crippen LogP contribution in [-0.4, -0.2) is 122 Å². The molecule has 3 N–H and O–H groups in total. The van der Waals surface area contributed by atoms with Crippen molar-refractivity contribution < 1.29 is 19.6 Å². The van der Waals surface area contributed by atoms with Crippen molar-refractivity contribution in [1.29, 1.82) is 0 Å². The van der Waals surface area contributed by atoms with Crippen molar-refractivity contribution in [2.24, 2.45) is 11.8 Å². The quantitative estimate of drug-likeness (QED) is 0.117. The first-order valence-corrected chi connectivity index (χ1v) is 21.7. The maximum absolute atomic E-state index is 10.3. The third-order valence-electron chi connectivity index (χ3n) is 12.8. The maximum Gasteiger partial charge on any atom is 0.232 e. The predicted octanol–water partition coefficient (Wildman–Crippen LogP) is 8.08. The van der Waals surface area contributed by atoms with Crippen LogP contribution in [0.2, 0.25) is 0 Å². The van der Waals surface area contributed by atoms with Crippen molar-refractivity contribution in [2.45, 2.75) is 199 Å². The molecule has 0 bridgehead atoms. The molecule has 3 aliphatic heterocycles. The van der Waals surface area contributed by atoms with Gasteiger partial charge in [0.25, 0.3) is 0 Å². The van der Waals surface area contributed by atoms with Crippen LogP contribution in [0.15, 0.2) is 0 Å². The van der Waals surface area contributed by atoms with Gasteiger partial charge in [-0.3, -0.25) is 0 Å². The van der Waals surface area contributed by atoms with Crippen LogP contribution in [0.1, 0.15) is 160 Å². The fourth-order valence-corrected chi connectivity index (χ4v) is 12.0. The highest BCUT2D eigenvalue weighted by Gasteiger charge is 2.49. The molecule has 324 valence electrons. The highest BCUT2D eigenvalue weighted by atomic mass is 16.7. The number of nitrogens with one attached hydrogen (secondary N) is 2. The minimum atomic E-state index is -0.223. The van der Waals surface area contributed by atoms with E-state index in [4.69, 9.17) is 29.5 Å². The van der Waals surface area contributed by atoms with Gasteiger partial charge >= 0.3 is 0 Å². The van der Waals surface area contributed by atoms with Crippen molar-refractivity contribution in [2.75, 3.05) is 63.1 Å². The van der Waals surface area contributed by atoms with E-state index in [0.29, 0.717) is 36.2 Å². The number of piperidine rings is 3. The van der Waals surface area contributed by atoms with E-state index in [9.17, 15) is 5.11 Å². The molecule has 13 heteroatoms. The Morgan fingerprint density at radius 3 is 1.21 bits per heavy atom. The fraction of sp³-hybridized carbons (Fsp3) is 0.930. The van der Waals surface area contributed by atoms with E-state index < -0.39 is 0 Å². The van der Waals surface area contributed by atoms with Crippen molar-refractivity contribution in [3.05, 3.63) is 0 Å². The van der Waals surface area contributed by atoms with E-state index in [1.165, 1.54) is 12.8 Å². The molecule has 0 saturated carbocycles. The van der Waals surface area contributed by atoms with Gasteiger partial charge in [-0.15, -0.1) is 0 Å². The molecule has 3 aliphatic rings. The van der Waals surface area contributed by atoms with Gasteiger partial charge in [0, 0.05) is 58.9 Å². The van der Waals surface area contributed by atoms with Crippen LogP contribution >= 0.6 is 0 Å². The molecule has 1 aromatic rings. The summed E-state index contributed by atoms with van der Waals surface area (Å²) in [7, 11) is 5.36. The molecule has 0 atom stereocenters. The monoisotopic (exact) mass is 790 g/mol. The molecule has 1 aromatic heterocycles. The second kappa shape index (κ2) is 18.6. The first-order valence-electron chi connectivity index (χ1n) is 21.7. The number of aromatic nitrogens is 3. The average Bonchev–Trinajstić information content (AvgIpc) is 3.04. The Kier molecular flexibility index (Phi) is 15.5. The second-order valence-corrected chi connectivity index (χ2v) is 21.0. The lowest BCUT2D eigenvalue weighted by Gasteiger charge is -2.55. The summed E-state index contributed by atoms with van der Waals surface area (Å²) in [5.74, 6) is 3.08. The molecule has 3 saturated heterocycles. The normalized spacial score (nSPS) is 24.3. The van der Waals surface area contributed by atoms with Crippen LogP contribution in [0.25, 0.3) is 0 Å². The third-order valence-corrected chi connectivity index (χ3v) is 12.8. The van der Waals surface area contributed by atoms with E-state index >= 15 is 0 Å². The number of nitrogens with zero attached hydrogens (tertiary/aromatic N) is 7. The molecule has 0 unspecified atom stereocenters. The minimum absolute atomic E-state index is 0.00486. The molecular weight excluding hydrogens is 707 g/mol. The zero-order valence-electron chi connectivity index (χ0n) is 38.3. The molecule has 0 amide bonds. The molecule has 3 fully saturated rings. The van der Waals surface area contributed by atoms with Crippen molar-refractivity contribution >= 4 is 17.8 Å². The molecule has 0 aromatic carbocycles. The Morgan fingerprint density at radius 1 is 0.554 bits per heavy atom. The fourth-order valence-electron chi connectivity index (χ4n) is 12.0. The smallest absolute Gasteiger partial charge is 0.232 e. The zero-order valence-corrected chi connectivity index (χ0v) is 38.3. The summed E-state index contributed by atoms with van der Waals surface area (Å²) in [6, 6.07) is 0.109. The lowest BCUT2D eigenvalue weighted by Crippen LogP contribution is -2.64. The van der Waals surface area contributed by atoms with Crippen molar-refractivity contribution in [1.82, 2.24) is 30.1 Å². The van der Waals surface area contributed by atoms with Gasteiger partial charge in [-0.25, -0.2) is 0 Å². The lowest BCUT2D eigenvalue weighted by molar-refractivity contribution is -0.272. The van der Waals surface area contributed by atoms with Crippen LogP contribution < -0.4 is 15.5 Å². The van der Waals surface area contributed by atoms with Gasteiger partial charge in [0.1, 0.15) is 0 Å². The van der Waals surface area contributed by atoms with Crippen molar-refractivity contribution in [3.63, 3.8) is 0 Å². The SMILES string of the molecule is CON1C(C)(C)CC(CCCCNc2nc(NCCCCC3CC(C)(C)N(OC)C(C)(C)C3)nc(N(CCO)C3CC(C)(C)N(OC)C(C)(C)C3)n2)CC1(C)C. The average molecular weight is 790 g/mol. The summed E-state index contributed by atoms with van der Waals surface area (Å²) in [4.78, 5) is 34.7. The Labute approximate surface area is 341 Å². The van der Waals surface area contributed by atoms with Gasteiger partial charge in [-0.2, -0.15) is 30.1 Å². The molecule has 4 heterocycles. The number of hydrogen-bond acceptors (Lipinski definition) is 13. The summed E-state index contributed by atoms with van der Waals surface area (Å²) in [6.45, 7) is 29.3. The Balaban J connectivity index is 1.44. The maximum atomic E-state index is 10.3. The number of aliphatic hydroxyl groups excluding tert-OH is 1. The van der Waals surface area contributed by atoms with Gasteiger partial charge in [0.2, 0.25) is 17.8 Å². The number of rotatable bonds is 19. The second-order valence-electron chi connectivity index (χ2n) is 21.0. The van der Waals surface area contributed by atoms with Crippen LogP contribution in [0.5, 0.6) is 0 Å². The Hall–Kier alpha value is -1.87. The van der Waals surface area contributed by atoms with Crippen LogP contribution in [0, 0.1) is 11.8 Å². The zero-order chi connectivity index (χ0) is 41.7. The van der Waals surface area contributed by atoms with Gasteiger partial charge in [0.05, 0.1) is 27.9 Å². The van der Waals surface area contributed by atoms with Gasteiger partial charge < -0.3 is 35.2 Å². The summed E-state index contributed by atoms with van der Waals surface area (Å²) in [5, 5.41) is 24.0. The Bertz CT molecular complexity index is 1260. The first kappa shape index (κ1) is 46.8. The van der Waals surface area contributed by atoms with E-state index in [1.54, 1.807) is 21.3 Å². The number of hydroxylamine groups is 6. The molecule has 4 rings (SSSR count). The number of hydrogen-bond donors (Lipinski definition) is 3. The molecular formula is C43H83N9O4. The highest BCUT2D eigenvalue weighted by molar-refractivity contribution is 5.45. The largest absolute Gasteiger partial charge is 0.395 e. The van der Waals surface area contributed by atoms with E-state index in [2.05, 4.69) is 114 Å². The third kappa shape index (κ3) is 11.4. The highest BCUT2D eigenvalue weighted by Crippen LogP contribution is 2.45. The summed E-state index contributed by atoms with van der Waals surface area (Å²) < 4.78 is 0. The van der Waals surface area contributed by atoms with Gasteiger partial charge in [-0.05, 0) is 146 Å². The van der Waals surface area contributed by atoms with Crippen molar-refractivity contribution in [3.8, 4) is 0 Å². The Morgan fingerprint density at radius 2 is 0.893 bits per heavy atom. The molecule has 56 heavy (non-hydrogen) atoms. The first-order chi connectivity index (χ1) is 26.0. The van der Waals surface area contributed by atoms with E-state index in [-0.39, 0.29) is 45.9 Å². The van der Waals surface area contributed by atoms with Crippen LogP contribution in [-0.2, 0) is 14.5 Å². The molecule has 0 spiro atoms.